The first-order valence-electron chi connectivity index (χ1n) is 7.60. The van der Waals surface area contributed by atoms with E-state index in [1.807, 2.05) is 52.1 Å². The van der Waals surface area contributed by atoms with Gasteiger partial charge in [0.2, 0.25) is 0 Å². The van der Waals surface area contributed by atoms with Gasteiger partial charge in [0.1, 0.15) is 5.60 Å². The fourth-order valence-electron chi connectivity index (χ4n) is 2.04. The minimum Gasteiger partial charge on any atom is -0.444 e. The fourth-order valence-corrected chi connectivity index (χ4v) is 2.04. The number of carbonyl (C=O) groups is 1. The second-order valence-corrected chi connectivity index (χ2v) is 6.49. The first-order valence-corrected chi connectivity index (χ1v) is 7.60. The Morgan fingerprint density at radius 1 is 1.35 bits per heavy atom. The lowest BCUT2D eigenvalue weighted by Gasteiger charge is -2.19. The van der Waals surface area contributed by atoms with Gasteiger partial charge in [-0.1, -0.05) is 12.1 Å². The highest BCUT2D eigenvalue weighted by molar-refractivity contribution is 5.68. The van der Waals surface area contributed by atoms with Crippen LogP contribution in [0.15, 0.2) is 30.6 Å². The SMILES string of the molecule is Cc1ccc(-c2cnn(CCNC(=O)OC(C)(C)C)c2)cc1N. The average molecular weight is 316 g/mol. The number of aromatic nitrogens is 2. The topological polar surface area (TPSA) is 82.2 Å². The first kappa shape index (κ1) is 16.9. The van der Waals surface area contributed by atoms with Crippen LogP contribution in [0.5, 0.6) is 0 Å². The Labute approximate surface area is 136 Å². The van der Waals surface area contributed by atoms with Crippen LogP contribution in [0.1, 0.15) is 26.3 Å². The number of carbonyl (C=O) groups excluding carboxylic acids is 1. The van der Waals surface area contributed by atoms with Crippen molar-refractivity contribution in [3.63, 3.8) is 0 Å². The van der Waals surface area contributed by atoms with E-state index in [4.69, 9.17) is 10.5 Å². The highest BCUT2D eigenvalue weighted by Gasteiger charge is 2.15. The molecule has 0 aliphatic rings. The van der Waals surface area contributed by atoms with Gasteiger partial charge in [-0.3, -0.25) is 4.68 Å². The number of nitrogens with one attached hydrogen (secondary N) is 1. The van der Waals surface area contributed by atoms with Crippen LogP contribution in [0.4, 0.5) is 10.5 Å². The maximum atomic E-state index is 11.6. The predicted octanol–water partition coefficient (Wildman–Crippen LogP) is 2.97. The molecule has 0 saturated carbocycles. The molecule has 0 aliphatic heterocycles. The number of alkyl carbamates (subject to hydrolysis) is 1. The number of hydrogen-bond acceptors (Lipinski definition) is 4. The van der Waals surface area contributed by atoms with Gasteiger partial charge < -0.3 is 15.8 Å². The molecule has 0 atom stereocenters. The van der Waals surface area contributed by atoms with Gasteiger partial charge in [0.05, 0.1) is 12.7 Å². The summed E-state index contributed by atoms with van der Waals surface area (Å²) in [5, 5.41) is 7.01. The van der Waals surface area contributed by atoms with Crippen molar-refractivity contribution in [2.24, 2.45) is 0 Å². The number of anilines is 1. The van der Waals surface area contributed by atoms with Crippen LogP contribution < -0.4 is 11.1 Å². The molecule has 124 valence electrons. The molecule has 0 saturated heterocycles. The molecule has 23 heavy (non-hydrogen) atoms. The molecular weight excluding hydrogens is 292 g/mol. The molecular formula is C17H24N4O2. The van der Waals surface area contributed by atoms with E-state index in [1.54, 1.807) is 10.9 Å². The predicted molar refractivity (Wildman–Crippen MR) is 91.0 cm³/mol. The van der Waals surface area contributed by atoms with E-state index >= 15 is 0 Å². The Hall–Kier alpha value is -2.50. The van der Waals surface area contributed by atoms with Crippen molar-refractivity contribution in [2.45, 2.75) is 39.8 Å². The molecule has 0 aliphatic carbocycles. The molecule has 0 bridgehead atoms. The smallest absolute Gasteiger partial charge is 0.407 e. The monoisotopic (exact) mass is 316 g/mol. The van der Waals surface area contributed by atoms with Gasteiger partial charge in [0, 0.05) is 24.0 Å². The quantitative estimate of drug-likeness (QED) is 0.850. The third-order valence-corrected chi connectivity index (χ3v) is 3.25. The number of aryl methyl sites for hydroxylation is 1. The molecule has 0 spiro atoms. The van der Waals surface area contributed by atoms with Gasteiger partial charge in [-0.25, -0.2) is 4.79 Å². The number of benzene rings is 1. The summed E-state index contributed by atoms with van der Waals surface area (Å²) in [6.07, 6.45) is 3.30. The molecule has 3 N–H and O–H groups in total. The zero-order valence-corrected chi connectivity index (χ0v) is 14.1. The molecule has 1 aromatic carbocycles. The minimum absolute atomic E-state index is 0.420. The van der Waals surface area contributed by atoms with Gasteiger partial charge in [-0.15, -0.1) is 0 Å². The number of amides is 1. The van der Waals surface area contributed by atoms with E-state index in [2.05, 4.69) is 10.4 Å². The van der Waals surface area contributed by atoms with Crippen molar-refractivity contribution in [1.82, 2.24) is 15.1 Å². The van der Waals surface area contributed by atoms with Crippen molar-refractivity contribution >= 4 is 11.8 Å². The number of nitrogen functional groups attached to an aromatic ring is 1. The second-order valence-electron chi connectivity index (χ2n) is 6.49. The Morgan fingerprint density at radius 2 is 2.09 bits per heavy atom. The minimum atomic E-state index is -0.492. The fraction of sp³-hybridized carbons (Fsp3) is 0.412. The summed E-state index contributed by atoms with van der Waals surface area (Å²) in [6.45, 7) is 8.50. The lowest BCUT2D eigenvalue weighted by molar-refractivity contribution is 0.0525. The van der Waals surface area contributed by atoms with E-state index in [0.717, 1.165) is 22.4 Å². The lowest BCUT2D eigenvalue weighted by Crippen LogP contribution is -2.34. The van der Waals surface area contributed by atoms with E-state index in [-0.39, 0.29) is 0 Å². The Balaban J connectivity index is 1.90. The van der Waals surface area contributed by atoms with E-state index in [1.165, 1.54) is 0 Å². The molecule has 1 amide bonds. The number of hydrogen-bond donors (Lipinski definition) is 2. The highest BCUT2D eigenvalue weighted by Crippen LogP contribution is 2.23. The number of ether oxygens (including phenoxy) is 1. The van der Waals surface area contributed by atoms with Crippen molar-refractivity contribution in [3.05, 3.63) is 36.2 Å². The molecule has 6 heteroatoms. The third-order valence-electron chi connectivity index (χ3n) is 3.25. The normalized spacial score (nSPS) is 11.3. The van der Waals surface area contributed by atoms with Crippen LogP contribution in [0.25, 0.3) is 11.1 Å². The maximum Gasteiger partial charge on any atom is 0.407 e. The summed E-state index contributed by atoms with van der Waals surface area (Å²) in [6, 6.07) is 5.95. The summed E-state index contributed by atoms with van der Waals surface area (Å²) in [5.41, 5.74) is 9.29. The second kappa shape index (κ2) is 6.73. The van der Waals surface area contributed by atoms with Crippen LogP contribution in [0.3, 0.4) is 0 Å². The van der Waals surface area contributed by atoms with Crippen LogP contribution in [-0.2, 0) is 11.3 Å². The van der Waals surface area contributed by atoms with Gasteiger partial charge in [0.25, 0.3) is 0 Å². The largest absolute Gasteiger partial charge is 0.444 e. The van der Waals surface area contributed by atoms with Crippen molar-refractivity contribution < 1.29 is 9.53 Å². The summed E-state index contributed by atoms with van der Waals surface area (Å²) in [5.74, 6) is 0. The van der Waals surface area contributed by atoms with Crippen molar-refractivity contribution in [1.29, 1.82) is 0 Å². The molecule has 2 aromatic rings. The Morgan fingerprint density at radius 3 is 2.74 bits per heavy atom. The van der Waals surface area contributed by atoms with E-state index in [0.29, 0.717) is 13.1 Å². The van der Waals surface area contributed by atoms with Crippen LogP contribution in [0, 0.1) is 6.92 Å². The van der Waals surface area contributed by atoms with Crippen molar-refractivity contribution in [2.75, 3.05) is 12.3 Å². The van der Waals surface area contributed by atoms with Crippen LogP contribution >= 0.6 is 0 Å². The standard InChI is InChI=1S/C17H24N4O2/c1-12-5-6-13(9-15(12)18)14-10-20-21(11-14)8-7-19-16(22)23-17(2,3)4/h5-6,9-11H,7-8,18H2,1-4H3,(H,19,22). The molecule has 2 rings (SSSR count). The van der Waals surface area contributed by atoms with E-state index in [9.17, 15) is 4.79 Å². The van der Waals surface area contributed by atoms with Crippen molar-refractivity contribution in [3.8, 4) is 11.1 Å². The summed E-state index contributed by atoms with van der Waals surface area (Å²) >= 11 is 0. The molecule has 0 unspecified atom stereocenters. The zero-order valence-electron chi connectivity index (χ0n) is 14.1. The molecule has 6 nitrogen and oxygen atoms in total. The lowest BCUT2D eigenvalue weighted by atomic mass is 10.1. The van der Waals surface area contributed by atoms with Gasteiger partial charge in [-0.05, 0) is 44.9 Å². The Kier molecular flexibility index (Phi) is 4.93. The molecule has 1 aromatic heterocycles. The average Bonchev–Trinajstić information content (AvgIpc) is 2.88. The maximum absolute atomic E-state index is 11.6. The van der Waals surface area contributed by atoms with Crippen LogP contribution in [-0.4, -0.2) is 28.0 Å². The molecule has 1 heterocycles. The number of nitrogens with two attached hydrogens (primary N) is 1. The molecule has 0 fully saturated rings. The van der Waals surface area contributed by atoms with Gasteiger partial charge in [-0.2, -0.15) is 5.10 Å². The summed E-state index contributed by atoms with van der Waals surface area (Å²) in [7, 11) is 0. The highest BCUT2D eigenvalue weighted by atomic mass is 16.6. The third kappa shape index (κ3) is 5.02. The van der Waals surface area contributed by atoms with E-state index < -0.39 is 11.7 Å². The zero-order chi connectivity index (χ0) is 17.0. The first-order chi connectivity index (χ1) is 10.7. The van der Waals surface area contributed by atoms with Gasteiger partial charge in [0.15, 0.2) is 0 Å². The van der Waals surface area contributed by atoms with Gasteiger partial charge >= 0.3 is 6.09 Å². The van der Waals surface area contributed by atoms with Crippen LogP contribution in [0.2, 0.25) is 0 Å². The number of nitrogens with zero attached hydrogens (tertiary/aromatic N) is 2. The number of rotatable bonds is 4. The summed E-state index contributed by atoms with van der Waals surface area (Å²) < 4.78 is 6.96. The summed E-state index contributed by atoms with van der Waals surface area (Å²) in [4.78, 5) is 11.6. The Bertz CT molecular complexity index is 686. The molecule has 0 radical (unpaired) electrons.